The summed E-state index contributed by atoms with van der Waals surface area (Å²) in [5.41, 5.74) is 0.275. The Hall–Kier alpha value is -1.36. The van der Waals surface area contributed by atoms with Crippen molar-refractivity contribution in [2.24, 2.45) is 0 Å². The van der Waals surface area contributed by atoms with Crippen LogP contribution in [0.5, 0.6) is 5.75 Å². The zero-order chi connectivity index (χ0) is 11.1. The van der Waals surface area contributed by atoms with Crippen LogP contribution in [-0.2, 0) is 0 Å². The van der Waals surface area contributed by atoms with Gasteiger partial charge in [0.25, 0.3) is 0 Å². The number of aromatic nitrogens is 1. The highest BCUT2D eigenvalue weighted by Crippen LogP contribution is 2.32. The van der Waals surface area contributed by atoms with Gasteiger partial charge in [0, 0.05) is 22.7 Å². The Labute approximate surface area is 87.6 Å². The van der Waals surface area contributed by atoms with Crippen molar-refractivity contribution in [3.63, 3.8) is 0 Å². The average molecular weight is 236 g/mol. The molecule has 0 saturated heterocycles. The Bertz CT molecular complexity index is 492. The molecule has 2 rings (SSSR count). The summed E-state index contributed by atoms with van der Waals surface area (Å²) < 4.78 is 39.9. The SMILES string of the molecule is FC(F)(F)Oc1cc(Cl)cc2cc[nH]c12. The highest BCUT2D eigenvalue weighted by Gasteiger charge is 2.32. The molecule has 1 N–H and O–H groups in total. The Morgan fingerprint density at radius 1 is 1.27 bits per heavy atom. The van der Waals surface area contributed by atoms with Crippen LogP contribution in [-0.4, -0.2) is 11.3 Å². The molecule has 0 amide bonds. The highest BCUT2D eigenvalue weighted by molar-refractivity contribution is 6.31. The van der Waals surface area contributed by atoms with Gasteiger partial charge in [-0.15, -0.1) is 13.2 Å². The van der Waals surface area contributed by atoms with Crippen LogP contribution in [0.15, 0.2) is 24.4 Å². The predicted octanol–water partition coefficient (Wildman–Crippen LogP) is 3.72. The maximum atomic E-state index is 12.0. The molecule has 15 heavy (non-hydrogen) atoms. The van der Waals surface area contributed by atoms with Gasteiger partial charge in [-0.05, 0) is 12.1 Å². The summed E-state index contributed by atoms with van der Waals surface area (Å²) in [6, 6.07) is 4.29. The maximum Gasteiger partial charge on any atom is 0.573 e. The molecule has 0 unspecified atom stereocenters. The molecule has 1 heterocycles. The molecular formula is C9H5ClF3NO. The van der Waals surface area contributed by atoms with Gasteiger partial charge in [0.05, 0.1) is 5.52 Å². The molecule has 0 radical (unpaired) electrons. The summed E-state index contributed by atoms with van der Waals surface area (Å²) in [6.07, 6.45) is -3.20. The van der Waals surface area contributed by atoms with E-state index in [1.807, 2.05) is 0 Å². The lowest BCUT2D eigenvalue weighted by molar-refractivity contribution is -0.274. The van der Waals surface area contributed by atoms with Crippen LogP contribution in [0, 0.1) is 0 Å². The minimum atomic E-state index is -4.72. The van der Waals surface area contributed by atoms with Gasteiger partial charge in [-0.1, -0.05) is 11.6 Å². The summed E-state index contributed by atoms with van der Waals surface area (Å²) >= 11 is 5.65. The largest absolute Gasteiger partial charge is 0.573 e. The van der Waals surface area contributed by atoms with Crippen molar-refractivity contribution in [1.82, 2.24) is 4.98 Å². The molecule has 1 aromatic heterocycles. The van der Waals surface area contributed by atoms with Crippen LogP contribution in [0.25, 0.3) is 10.9 Å². The first-order chi connectivity index (χ1) is 6.96. The molecule has 0 spiro atoms. The first-order valence-corrected chi connectivity index (χ1v) is 4.36. The molecule has 1 aromatic carbocycles. The van der Waals surface area contributed by atoms with Crippen molar-refractivity contribution in [3.05, 3.63) is 29.4 Å². The van der Waals surface area contributed by atoms with E-state index in [2.05, 4.69) is 9.72 Å². The fourth-order valence-electron chi connectivity index (χ4n) is 1.31. The van der Waals surface area contributed by atoms with Crippen LogP contribution < -0.4 is 4.74 Å². The summed E-state index contributed by atoms with van der Waals surface area (Å²) in [5, 5.41) is 0.767. The fraction of sp³-hybridized carbons (Fsp3) is 0.111. The number of aromatic amines is 1. The van der Waals surface area contributed by atoms with Crippen LogP contribution >= 0.6 is 11.6 Å². The van der Waals surface area contributed by atoms with Gasteiger partial charge in [-0.3, -0.25) is 0 Å². The molecule has 0 aliphatic rings. The van der Waals surface area contributed by atoms with Crippen molar-refractivity contribution >= 4 is 22.5 Å². The molecule has 6 heteroatoms. The highest BCUT2D eigenvalue weighted by atomic mass is 35.5. The van der Waals surface area contributed by atoms with Crippen molar-refractivity contribution in [1.29, 1.82) is 0 Å². The Morgan fingerprint density at radius 3 is 2.67 bits per heavy atom. The van der Waals surface area contributed by atoms with Gasteiger partial charge in [0.15, 0.2) is 5.75 Å². The molecule has 0 aliphatic heterocycles. The second-order valence-corrected chi connectivity index (χ2v) is 3.33. The minimum absolute atomic E-state index is 0.196. The lowest BCUT2D eigenvalue weighted by Gasteiger charge is -2.09. The number of alkyl halides is 3. The third-order valence-electron chi connectivity index (χ3n) is 1.81. The number of nitrogens with one attached hydrogen (secondary N) is 1. The molecule has 0 bridgehead atoms. The van der Waals surface area contributed by atoms with Gasteiger partial charge in [0.1, 0.15) is 0 Å². The zero-order valence-corrected chi connectivity index (χ0v) is 7.99. The summed E-state index contributed by atoms with van der Waals surface area (Å²) in [5.74, 6) is -0.324. The van der Waals surface area contributed by atoms with Crippen molar-refractivity contribution in [2.45, 2.75) is 6.36 Å². The number of fused-ring (bicyclic) bond motifs is 1. The standard InChI is InChI=1S/C9H5ClF3NO/c10-6-3-5-1-2-14-8(5)7(4-6)15-9(11,12)13/h1-4,14H. The molecule has 80 valence electrons. The summed E-state index contributed by atoms with van der Waals surface area (Å²) in [6.45, 7) is 0. The van der Waals surface area contributed by atoms with Crippen molar-refractivity contribution in [2.75, 3.05) is 0 Å². The average Bonchev–Trinajstić information content (AvgIpc) is 2.48. The molecule has 2 nitrogen and oxygen atoms in total. The van der Waals surface area contributed by atoms with Gasteiger partial charge in [-0.2, -0.15) is 0 Å². The number of rotatable bonds is 1. The Balaban J connectivity index is 2.53. The smallest absolute Gasteiger partial charge is 0.403 e. The van der Waals surface area contributed by atoms with Gasteiger partial charge in [0.2, 0.25) is 0 Å². The number of benzene rings is 1. The third kappa shape index (κ3) is 2.18. The predicted molar refractivity (Wildman–Crippen MR) is 50.0 cm³/mol. The van der Waals surface area contributed by atoms with Gasteiger partial charge in [-0.25, -0.2) is 0 Å². The van der Waals surface area contributed by atoms with E-state index >= 15 is 0 Å². The third-order valence-corrected chi connectivity index (χ3v) is 2.03. The number of ether oxygens (including phenoxy) is 1. The second kappa shape index (κ2) is 3.34. The number of hydrogen-bond donors (Lipinski definition) is 1. The van der Waals surface area contributed by atoms with Crippen LogP contribution in [0.4, 0.5) is 13.2 Å². The molecule has 0 aliphatic carbocycles. The van der Waals surface area contributed by atoms with E-state index in [9.17, 15) is 13.2 Å². The van der Waals surface area contributed by atoms with Crippen molar-refractivity contribution in [3.8, 4) is 5.75 Å². The van der Waals surface area contributed by atoms with E-state index in [-0.39, 0.29) is 16.3 Å². The van der Waals surface area contributed by atoms with E-state index in [1.165, 1.54) is 6.20 Å². The Kier molecular flexibility index (Phi) is 2.26. The fourth-order valence-corrected chi connectivity index (χ4v) is 1.52. The zero-order valence-electron chi connectivity index (χ0n) is 7.23. The van der Waals surface area contributed by atoms with Crippen LogP contribution in [0.1, 0.15) is 0 Å². The van der Waals surface area contributed by atoms with Gasteiger partial charge < -0.3 is 9.72 Å². The second-order valence-electron chi connectivity index (χ2n) is 2.89. The lowest BCUT2D eigenvalue weighted by atomic mass is 10.2. The van der Waals surface area contributed by atoms with Crippen LogP contribution in [0.3, 0.4) is 0 Å². The number of H-pyrrole nitrogens is 1. The molecule has 0 saturated carbocycles. The monoisotopic (exact) mass is 235 g/mol. The topological polar surface area (TPSA) is 25.0 Å². The molecule has 0 atom stereocenters. The Morgan fingerprint density at radius 2 is 2.00 bits per heavy atom. The number of halogens is 4. The quantitative estimate of drug-likeness (QED) is 0.801. The minimum Gasteiger partial charge on any atom is -0.403 e. The van der Waals surface area contributed by atoms with Crippen molar-refractivity contribution < 1.29 is 17.9 Å². The lowest BCUT2D eigenvalue weighted by Crippen LogP contribution is -2.17. The molecular weight excluding hydrogens is 231 g/mol. The first-order valence-electron chi connectivity index (χ1n) is 3.98. The summed E-state index contributed by atoms with van der Waals surface area (Å²) in [7, 11) is 0. The molecule has 2 aromatic rings. The van der Waals surface area contributed by atoms with E-state index in [0.717, 1.165) is 6.07 Å². The van der Waals surface area contributed by atoms with E-state index in [1.54, 1.807) is 12.1 Å². The van der Waals surface area contributed by atoms with Crippen LogP contribution in [0.2, 0.25) is 5.02 Å². The van der Waals surface area contributed by atoms with E-state index < -0.39 is 6.36 Å². The maximum absolute atomic E-state index is 12.0. The van der Waals surface area contributed by atoms with E-state index in [4.69, 9.17) is 11.6 Å². The number of hydrogen-bond acceptors (Lipinski definition) is 1. The molecule has 0 fully saturated rings. The van der Waals surface area contributed by atoms with Gasteiger partial charge >= 0.3 is 6.36 Å². The first kappa shape index (κ1) is 10.2. The van der Waals surface area contributed by atoms with E-state index in [0.29, 0.717) is 5.39 Å². The normalized spacial score (nSPS) is 12.0. The summed E-state index contributed by atoms with van der Waals surface area (Å²) in [4.78, 5) is 2.65.